The van der Waals surface area contributed by atoms with Crippen molar-refractivity contribution < 1.29 is 9.90 Å². The molecule has 128 valence electrons. The van der Waals surface area contributed by atoms with Crippen LogP contribution in [0.3, 0.4) is 0 Å². The van der Waals surface area contributed by atoms with Gasteiger partial charge in [-0.25, -0.2) is 4.98 Å². The third kappa shape index (κ3) is 3.20. The van der Waals surface area contributed by atoms with E-state index in [1.165, 1.54) is 5.39 Å². The lowest BCUT2D eigenvalue weighted by Gasteiger charge is -2.22. The van der Waals surface area contributed by atoms with Crippen molar-refractivity contribution in [1.82, 2.24) is 14.8 Å². The van der Waals surface area contributed by atoms with E-state index in [1.54, 1.807) is 0 Å². The maximum atomic E-state index is 10.8. The summed E-state index contributed by atoms with van der Waals surface area (Å²) in [6.45, 7) is 2.51. The fraction of sp³-hybridized carbons (Fsp3) is 0.316. The molecule has 6 nitrogen and oxygen atoms in total. The molecule has 1 aromatic carbocycles. The van der Waals surface area contributed by atoms with Crippen molar-refractivity contribution in [2.45, 2.75) is 32.4 Å². The van der Waals surface area contributed by atoms with Crippen molar-refractivity contribution >= 4 is 22.6 Å². The summed E-state index contributed by atoms with van der Waals surface area (Å²) >= 11 is 0. The lowest BCUT2D eigenvalue weighted by molar-refractivity contribution is -0.136. The van der Waals surface area contributed by atoms with Crippen LogP contribution < -0.4 is 4.90 Å². The van der Waals surface area contributed by atoms with Crippen molar-refractivity contribution in [3.63, 3.8) is 0 Å². The highest BCUT2D eigenvalue weighted by Crippen LogP contribution is 2.27. The van der Waals surface area contributed by atoms with Crippen LogP contribution in [0.4, 0.5) is 5.82 Å². The lowest BCUT2D eigenvalue weighted by Crippen LogP contribution is -2.23. The predicted molar refractivity (Wildman–Crippen MR) is 95.6 cm³/mol. The van der Waals surface area contributed by atoms with E-state index in [1.807, 2.05) is 35.1 Å². The molecule has 0 bridgehead atoms. The molecule has 0 amide bonds. The van der Waals surface area contributed by atoms with Crippen molar-refractivity contribution in [1.29, 1.82) is 0 Å². The maximum absolute atomic E-state index is 10.8. The molecule has 0 saturated heterocycles. The van der Waals surface area contributed by atoms with Crippen LogP contribution in [0.2, 0.25) is 0 Å². The molecule has 0 radical (unpaired) electrons. The zero-order valence-corrected chi connectivity index (χ0v) is 13.9. The van der Waals surface area contributed by atoms with Gasteiger partial charge >= 0.3 is 5.97 Å². The van der Waals surface area contributed by atoms with Crippen LogP contribution in [-0.4, -0.2) is 32.4 Å². The van der Waals surface area contributed by atoms with Gasteiger partial charge in [0.1, 0.15) is 5.82 Å². The summed E-state index contributed by atoms with van der Waals surface area (Å²) in [5.74, 6) is 0.213. The summed E-state index contributed by atoms with van der Waals surface area (Å²) in [7, 11) is 0. The summed E-state index contributed by atoms with van der Waals surface area (Å²) in [4.78, 5) is 17.7. The number of nitrogens with zero attached hydrogens (tertiary/aromatic N) is 4. The number of pyridine rings is 1. The van der Waals surface area contributed by atoms with Gasteiger partial charge in [-0.3, -0.25) is 9.48 Å². The molecule has 3 heterocycles. The van der Waals surface area contributed by atoms with Gasteiger partial charge in [0.25, 0.3) is 0 Å². The first-order chi connectivity index (χ1) is 12.2. The average molecular weight is 336 g/mol. The second kappa shape index (κ2) is 6.55. The number of anilines is 1. The Morgan fingerprint density at radius 1 is 1.20 bits per heavy atom. The Balaban J connectivity index is 1.63. The Kier molecular flexibility index (Phi) is 4.09. The molecule has 0 saturated carbocycles. The van der Waals surface area contributed by atoms with Crippen molar-refractivity contribution in [2.75, 3.05) is 11.4 Å². The molecule has 2 aromatic heterocycles. The topological polar surface area (TPSA) is 71.2 Å². The minimum atomic E-state index is -0.787. The smallest absolute Gasteiger partial charge is 0.303 e. The molecule has 0 spiro atoms. The van der Waals surface area contributed by atoms with Crippen LogP contribution in [0.1, 0.15) is 24.2 Å². The maximum Gasteiger partial charge on any atom is 0.303 e. The van der Waals surface area contributed by atoms with Gasteiger partial charge in [-0.05, 0) is 23.9 Å². The molecule has 1 aliphatic heterocycles. The van der Waals surface area contributed by atoms with Crippen LogP contribution in [0.5, 0.6) is 0 Å². The summed E-state index contributed by atoms with van der Waals surface area (Å²) in [6, 6.07) is 12.4. The fourth-order valence-electron chi connectivity index (χ4n) is 3.42. The first kappa shape index (κ1) is 15.6. The van der Waals surface area contributed by atoms with Crippen molar-refractivity contribution in [3.05, 3.63) is 54.0 Å². The summed E-state index contributed by atoms with van der Waals surface area (Å²) in [5, 5.41) is 15.8. The van der Waals surface area contributed by atoms with Crippen molar-refractivity contribution in [3.8, 4) is 0 Å². The molecule has 0 aliphatic carbocycles. The van der Waals surface area contributed by atoms with Gasteiger partial charge in [0, 0.05) is 31.1 Å². The number of aromatic nitrogens is 3. The summed E-state index contributed by atoms with van der Waals surface area (Å²) in [6.07, 6.45) is 3.43. The number of carboxylic acid groups (broad SMARTS) is 1. The van der Waals surface area contributed by atoms with E-state index < -0.39 is 5.97 Å². The Hall–Kier alpha value is -2.89. The number of fused-ring (bicyclic) bond motifs is 2. The molecule has 0 unspecified atom stereocenters. The van der Waals surface area contributed by atoms with Crippen molar-refractivity contribution in [2.24, 2.45) is 0 Å². The van der Waals surface area contributed by atoms with Gasteiger partial charge in [-0.1, -0.05) is 24.3 Å². The van der Waals surface area contributed by atoms with Gasteiger partial charge in [-0.15, -0.1) is 0 Å². The minimum absolute atomic E-state index is 0.116. The predicted octanol–water partition coefficient (Wildman–Crippen LogP) is 2.86. The zero-order valence-electron chi connectivity index (χ0n) is 13.9. The summed E-state index contributed by atoms with van der Waals surface area (Å²) in [5.41, 5.74) is 1.97. The molecule has 4 rings (SSSR count). The van der Waals surface area contributed by atoms with Gasteiger partial charge in [0.2, 0.25) is 0 Å². The molecule has 0 atom stereocenters. The standard InChI is InChI=1S/C19H20N4O2/c24-18(25)7-6-15-12-16-13-22(10-3-11-23(16)21-15)19-17-5-2-1-4-14(17)8-9-20-19/h1-2,4-5,8-9,12H,3,6-7,10-11,13H2,(H,24,25). The average Bonchev–Trinajstić information content (AvgIpc) is 2.90. The molecule has 1 N–H and O–H groups in total. The molecule has 25 heavy (non-hydrogen) atoms. The normalized spacial score (nSPS) is 14.3. The molecule has 0 fully saturated rings. The third-order valence-electron chi connectivity index (χ3n) is 4.61. The highest BCUT2D eigenvalue weighted by Gasteiger charge is 2.19. The summed E-state index contributed by atoms with van der Waals surface area (Å²) < 4.78 is 2.02. The molecule has 6 heteroatoms. The van der Waals surface area contributed by atoms with Gasteiger partial charge in [0.05, 0.1) is 24.4 Å². The first-order valence-electron chi connectivity index (χ1n) is 8.57. The van der Waals surface area contributed by atoms with E-state index >= 15 is 0 Å². The van der Waals surface area contributed by atoms with Crippen LogP contribution in [0, 0.1) is 0 Å². The Morgan fingerprint density at radius 2 is 2.08 bits per heavy atom. The number of carbonyl (C=O) groups is 1. The molecule has 1 aliphatic rings. The van der Waals surface area contributed by atoms with E-state index in [0.29, 0.717) is 6.42 Å². The Bertz CT molecular complexity index is 913. The SMILES string of the molecule is O=C(O)CCc1cc2n(n1)CCCN(c1nccc3ccccc13)C2. The van der Waals surface area contributed by atoms with Gasteiger partial charge < -0.3 is 10.0 Å². The molecule has 3 aromatic rings. The quantitative estimate of drug-likeness (QED) is 0.793. The second-order valence-corrected chi connectivity index (χ2v) is 6.37. The number of aliphatic carboxylic acids is 1. The number of hydrogen-bond acceptors (Lipinski definition) is 4. The fourth-order valence-corrected chi connectivity index (χ4v) is 3.42. The van der Waals surface area contributed by atoms with Crippen LogP contribution in [0.25, 0.3) is 10.8 Å². The Morgan fingerprint density at radius 3 is 2.96 bits per heavy atom. The lowest BCUT2D eigenvalue weighted by atomic mass is 10.1. The number of benzene rings is 1. The largest absolute Gasteiger partial charge is 0.481 e. The van der Waals surface area contributed by atoms with E-state index in [-0.39, 0.29) is 6.42 Å². The van der Waals surface area contributed by atoms with E-state index in [2.05, 4.69) is 27.1 Å². The number of hydrogen-bond donors (Lipinski definition) is 1. The highest BCUT2D eigenvalue weighted by atomic mass is 16.4. The molecular formula is C19H20N4O2. The van der Waals surface area contributed by atoms with E-state index in [4.69, 9.17) is 5.11 Å². The number of carboxylic acids is 1. The van der Waals surface area contributed by atoms with Crippen LogP contribution in [-0.2, 0) is 24.3 Å². The number of rotatable bonds is 4. The first-order valence-corrected chi connectivity index (χ1v) is 8.57. The second-order valence-electron chi connectivity index (χ2n) is 6.37. The van der Waals surface area contributed by atoms with Crippen LogP contribution >= 0.6 is 0 Å². The van der Waals surface area contributed by atoms with Gasteiger partial charge in [0.15, 0.2) is 0 Å². The third-order valence-corrected chi connectivity index (χ3v) is 4.61. The zero-order chi connectivity index (χ0) is 17.2. The van der Waals surface area contributed by atoms with Gasteiger partial charge in [-0.2, -0.15) is 5.10 Å². The minimum Gasteiger partial charge on any atom is -0.481 e. The highest BCUT2D eigenvalue weighted by molar-refractivity contribution is 5.92. The monoisotopic (exact) mass is 336 g/mol. The van der Waals surface area contributed by atoms with E-state index in [9.17, 15) is 4.79 Å². The van der Waals surface area contributed by atoms with E-state index in [0.717, 1.165) is 48.6 Å². The number of aryl methyl sites for hydroxylation is 2. The van der Waals surface area contributed by atoms with Crippen LogP contribution in [0.15, 0.2) is 42.6 Å². The molecular weight excluding hydrogens is 316 g/mol. The Labute approximate surface area is 145 Å².